The van der Waals surface area contributed by atoms with Crippen molar-refractivity contribution < 1.29 is 0 Å². The molecule has 0 amide bonds. The minimum Gasteiger partial charge on any atom is -0.380 e. The third-order valence-electron chi connectivity index (χ3n) is 4.55. The molecule has 0 bridgehead atoms. The minimum absolute atomic E-state index is 0.435. The van der Waals surface area contributed by atoms with Crippen LogP contribution in [-0.2, 0) is 7.05 Å². The van der Waals surface area contributed by atoms with Crippen LogP contribution in [0.4, 0.5) is 11.5 Å². The Balaban J connectivity index is 1.55. The summed E-state index contributed by atoms with van der Waals surface area (Å²) in [6.45, 7) is 2.09. The number of aromatic nitrogens is 3. The summed E-state index contributed by atoms with van der Waals surface area (Å²) in [4.78, 5) is 6.85. The zero-order valence-electron chi connectivity index (χ0n) is 13.3. The summed E-state index contributed by atoms with van der Waals surface area (Å²) in [6, 6.07) is 12.9. The molecule has 118 valence electrons. The van der Waals surface area contributed by atoms with Crippen LogP contribution in [0.15, 0.2) is 48.8 Å². The number of anilines is 2. The topological polar surface area (TPSA) is 46.0 Å². The molecule has 5 heteroatoms. The van der Waals surface area contributed by atoms with E-state index in [4.69, 9.17) is 0 Å². The molecule has 5 nitrogen and oxygen atoms in total. The quantitative estimate of drug-likeness (QED) is 0.808. The summed E-state index contributed by atoms with van der Waals surface area (Å²) < 4.78 is 1.95. The number of aryl methyl sites for hydroxylation is 1. The van der Waals surface area contributed by atoms with Crippen LogP contribution in [0.1, 0.15) is 12.8 Å². The molecule has 23 heavy (non-hydrogen) atoms. The van der Waals surface area contributed by atoms with Gasteiger partial charge in [-0.05, 0) is 25.0 Å². The van der Waals surface area contributed by atoms with Gasteiger partial charge in [-0.1, -0.05) is 18.2 Å². The number of piperidine rings is 1. The van der Waals surface area contributed by atoms with Gasteiger partial charge in [-0.2, -0.15) is 5.10 Å². The van der Waals surface area contributed by atoms with Gasteiger partial charge in [-0.15, -0.1) is 0 Å². The maximum absolute atomic E-state index is 4.44. The van der Waals surface area contributed by atoms with Gasteiger partial charge in [0.15, 0.2) is 0 Å². The van der Waals surface area contributed by atoms with Gasteiger partial charge in [-0.3, -0.25) is 9.67 Å². The Morgan fingerprint density at radius 3 is 2.91 bits per heavy atom. The van der Waals surface area contributed by atoms with Gasteiger partial charge < -0.3 is 10.2 Å². The molecule has 1 aromatic carbocycles. The van der Waals surface area contributed by atoms with Crippen molar-refractivity contribution in [2.45, 2.75) is 18.9 Å². The first-order chi connectivity index (χ1) is 11.3. The van der Waals surface area contributed by atoms with Crippen LogP contribution in [0.3, 0.4) is 0 Å². The molecule has 1 unspecified atom stereocenters. The highest BCUT2D eigenvalue weighted by Gasteiger charge is 2.22. The van der Waals surface area contributed by atoms with E-state index in [0.29, 0.717) is 6.04 Å². The average molecular weight is 307 g/mol. The van der Waals surface area contributed by atoms with Crippen molar-refractivity contribution >= 4 is 22.4 Å². The fourth-order valence-electron chi connectivity index (χ4n) is 3.42. The zero-order chi connectivity index (χ0) is 15.6. The molecule has 3 aromatic rings. The summed E-state index contributed by atoms with van der Waals surface area (Å²) >= 11 is 0. The van der Waals surface area contributed by atoms with Gasteiger partial charge in [-0.25, -0.2) is 0 Å². The second-order valence-corrected chi connectivity index (χ2v) is 6.12. The third kappa shape index (κ3) is 2.74. The van der Waals surface area contributed by atoms with Crippen molar-refractivity contribution in [1.29, 1.82) is 0 Å². The van der Waals surface area contributed by atoms with E-state index in [2.05, 4.69) is 50.6 Å². The maximum atomic E-state index is 4.44. The zero-order valence-corrected chi connectivity index (χ0v) is 13.3. The number of pyridine rings is 1. The van der Waals surface area contributed by atoms with Crippen LogP contribution in [0, 0.1) is 0 Å². The van der Waals surface area contributed by atoms with E-state index in [1.807, 2.05) is 30.2 Å². The molecule has 0 radical (unpaired) electrons. The number of nitrogens with one attached hydrogen (secondary N) is 1. The molecule has 2 aromatic heterocycles. The lowest BCUT2D eigenvalue weighted by atomic mass is 10.0. The van der Waals surface area contributed by atoms with Crippen LogP contribution in [-0.4, -0.2) is 33.9 Å². The fourth-order valence-corrected chi connectivity index (χ4v) is 3.42. The van der Waals surface area contributed by atoms with Crippen molar-refractivity contribution in [1.82, 2.24) is 14.8 Å². The number of hydrogen-bond donors (Lipinski definition) is 1. The van der Waals surface area contributed by atoms with Crippen LogP contribution in [0.2, 0.25) is 0 Å². The van der Waals surface area contributed by atoms with Crippen LogP contribution < -0.4 is 10.2 Å². The van der Waals surface area contributed by atoms with Crippen molar-refractivity contribution in [2.75, 3.05) is 23.3 Å². The van der Waals surface area contributed by atoms with Crippen LogP contribution in [0.25, 0.3) is 10.9 Å². The first kappa shape index (κ1) is 14.1. The molecule has 1 N–H and O–H groups in total. The van der Waals surface area contributed by atoms with Gasteiger partial charge in [0.25, 0.3) is 0 Å². The van der Waals surface area contributed by atoms with E-state index in [1.54, 1.807) is 0 Å². The Morgan fingerprint density at radius 1 is 1.13 bits per heavy atom. The normalized spacial score (nSPS) is 18.3. The first-order valence-electron chi connectivity index (χ1n) is 8.14. The number of para-hydroxylation sites is 1. The van der Waals surface area contributed by atoms with Crippen molar-refractivity contribution in [3.05, 3.63) is 48.8 Å². The largest absolute Gasteiger partial charge is 0.380 e. The van der Waals surface area contributed by atoms with E-state index in [-0.39, 0.29) is 0 Å². The third-order valence-corrected chi connectivity index (χ3v) is 4.55. The van der Waals surface area contributed by atoms with E-state index in [1.165, 1.54) is 29.7 Å². The minimum atomic E-state index is 0.435. The lowest BCUT2D eigenvalue weighted by Crippen LogP contribution is -2.43. The molecule has 3 heterocycles. The number of fused-ring (bicyclic) bond motifs is 1. The van der Waals surface area contributed by atoms with Gasteiger partial charge in [0, 0.05) is 49.5 Å². The molecule has 0 saturated carbocycles. The van der Waals surface area contributed by atoms with Crippen molar-refractivity contribution in [3.63, 3.8) is 0 Å². The molecule has 1 fully saturated rings. The molecular weight excluding hydrogens is 286 g/mol. The Kier molecular flexibility index (Phi) is 3.61. The Hall–Kier alpha value is -2.56. The molecule has 0 spiro atoms. The number of nitrogens with zero attached hydrogens (tertiary/aromatic N) is 4. The second kappa shape index (κ2) is 5.91. The number of hydrogen-bond acceptors (Lipinski definition) is 4. The molecule has 1 aliphatic rings. The van der Waals surface area contributed by atoms with Gasteiger partial charge in [0.2, 0.25) is 0 Å². The summed E-state index contributed by atoms with van der Waals surface area (Å²) in [5, 5.41) is 9.20. The molecule has 0 aliphatic carbocycles. The van der Waals surface area contributed by atoms with E-state index < -0.39 is 0 Å². The van der Waals surface area contributed by atoms with Gasteiger partial charge in [0.05, 0.1) is 11.7 Å². The Labute approximate surface area is 135 Å². The highest BCUT2D eigenvalue weighted by Crippen LogP contribution is 2.25. The van der Waals surface area contributed by atoms with Crippen LogP contribution in [0.5, 0.6) is 0 Å². The molecule has 4 rings (SSSR count). The molecule has 1 atom stereocenters. The monoisotopic (exact) mass is 307 g/mol. The second-order valence-electron chi connectivity index (χ2n) is 6.12. The molecule has 1 aliphatic heterocycles. The standard InChI is InChI=1S/C18H21N5/c1-22-18(9-11-20-22)23-12-4-5-14(13-23)21-17-8-10-19-16-7-3-2-6-15(16)17/h2-3,6-11,14H,4-5,12-13H2,1H3,(H,19,21). The van der Waals surface area contributed by atoms with E-state index in [0.717, 1.165) is 18.6 Å². The first-order valence-corrected chi connectivity index (χ1v) is 8.14. The van der Waals surface area contributed by atoms with E-state index >= 15 is 0 Å². The Morgan fingerprint density at radius 2 is 2.04 bits per heavy atom. The average Bonchev–Trinajstić information content (AvgIpc) is 3.02. The maximum Gasteiger partial charge on any atom is 0.126 e. The smallest absolute Gasteiger partial charge is 0.126 e. The SMILES string of the molecule is Cn1nccc1N1CCCC(Nc2ccnc3ccccc23)C1. The van der Waals surface area contributed by atoms with Gasteiger partial charge >= 0.3 is 0 Å². The van der Waals surface area contributed by atoms with Crippen LogP contribution >= 0.6 is 0 Å². The summed E-state index contributed by atoms with van der Waals surface area (Å²) in [7, 11) is 2.00. The summed E-state index contributed by atoms with van der Waals surface area (Å²) in [5.41, 5.74) is 2.21. The van der Waals surface area contributed by atoms with Gasteiger partial charge in [0.1, 0.15) is 5.82 Å². The highest BCUT2D eigenvalue weighted by atomic mass is 15.4. The lowest BCUT2D eigenvalue weighted by Gasteiger charge is -2.35. The number of rotatable bonds is 3. The molecule has 1 saturated heterocycles. The Bertz CT molecular complexity index is 805. The highest BCUT2D eigenvalue weighted by molar-refractivity contribution is 5.91. The van der Waals surface area contributed by atoms with Crippen molar-refractivity contribution in [3.8, 4) is 0 Å². The van der Waals surface area contributed by atoms with E-state index in [9.17, 15) is 0 Å². The van der Waals surface area contributed by atoms with Crippen molar-refractivity contribution in [2.24, 2.45) is 7.05 Å². The number of benzene rings is 1. The predicted octanol–water partition coefficient (Wildman–Crippen LogP) is 3.05. The predicted molar refractivity (Wildman–Crippen MR) is 93.8 cm³/mol. The summed E-state index contributed by atoms with van der Waals surface area (Å²) in [5.74, 6) is 1.19. The fraction of sp³-hybridized carbons (Fsp3) is 0.333. The molecular formula is C18H21N5. The summed E-state index contributed by atoms with van der Waals surface area (Å²) in [6.07, 6.45) is 6.12. The lowest BCUT2D eigenvalue weighted by molar-refractivity contribution is 0.519.